The van der Waals surface area contributed by atoms with Crippen molar-refractivity contribution in [2.24, 2.45) is 0 Å². The van der Waals surface area contributed by atoms with Crippen molar-refractivity contribution in [2.45, 2.75) is 25.7 Å². The van der Waals surface area contributed by atoms with Crippen LogP contribution in [0.4, 0.5) is 0 Å². The Hall–Kier alpha value is -1.46. The normalized spacial score (nSPS) is 12.2. The molecular formula is C14H18N2O2S. The molecule has 2 rings (SSSR count). The number of benzene rings is 1. The summed E-state index contributed by atoms with van der Waals surface area (Å²) in [5.74, 6) is 0. The molecule has 5 heteroatoms. The second kappa shape index (κ2) is 5.27. The third-order valence-electron chi connectivity index (χ3n) is 3.13. The number of para-hydroxylation sites is 1. The molecule has 4 nitrogen and oxygen atoms in total. The van der Waals surface area contributed by atoms with E-state index < -0.39 is 10.0 Å². The van der Waals surface area contributed by atoms with Crippen molar-refractivity contribution in [1.82, 2.24) is 9.29 Å². The summed E-state index contributed by atoms with van der Waals surface area (Å²) >= 11 is 0. The average molecular weight is 278 g/mol. The van der Waals surface area contributed by atoms with Gasteiger partial charge in [0.2, 0.25) is 10.0 Å². The van der Waals surface area contributed by atoms with E-state index >= 15 is 0 Å². The molecule has 0 aliphatic heterocycles. The highest BCUT2D eigenvalue weighted by Gasteiger charge is 2.24. The minimum absolute atomic E-state index is 0.286. The molecule has 0 aliphatic carbocycles. The van der Waals surface area contributed by atoms with Gasteiger partial charge < -0.3 is 0 Å². The number of rotatable bonds is 4. The SMILES string of the molecule is CCN(CC)S(=O)(=O)c1cccc2cc(C)cnc12. The van der Waals surface area contributed by atoms with Crippen LogP contribution in [0.1, 0.15) is 19.4 Å². The smallest absolute Gasteiger partial charge is 0.245 e. The lowest BCUT2D eigenvalue weighted by Crippen LogP contribution is -2.30. The molecule has 0 atom stereocenters. The molecule has 19 heavy (non-hydrogen) atoms. The Labute approximate surface area is 114 Å². The Morgan fingerprint density at radius 2 is 1.89 bits per heavy atom. The van der Waals surface area contributed by atoms with Crippen LogP contribution in [0.15, 0.2) is 35.4 Å². The molecule has 0 aliphatic rings. The van der Waals surface area contributed by atoms with Gasteiger partial charge in [-0.1, -0.05) is 26.0 Å². The van der Waals surface area contributed by atoms with Crippen LogP contribution >= 0.6 is 0 Å². The van der Waals surface area contributed by atoms with E-state index in [2.05, 4.69) is 4.98 Å². The Morgan fingerprint density at radius 1 is 1.21 bits per heavy atom. The number of sulfonamides is 1. The van der Waals surface area contributed by atoms with Crippen molar-refractivity contribution < 1.29 is 8.42 Å². The maximum absolute atomic E-state index is 12.6. The quantitative estimate of drug-likeness (QED) is 0.863. The lowest BCUT2D eigenvalue weighted by Gasteiger charge is -2.19. The predicted octanol–water partition coefficient (Wildman–Crippen LogP) is 2.57. The summed E-state index contributed by atoms with van der Waals surface area (Å²) in [6.45, 7) is 6.54. The number of aryl methyl sites for hydroxylation is 1. The third kappa shape index (κ3) is 2.48. The maximum atomic E-state index is 12.6. The van der Waals surface area contributed by atoms with Gasteiger partial charge in [-0.25, -0.2) is 8.42 Å². The molecule has 0 spiro atoms. The topological polar surface area (TPSA) is 50.3 Å². The van der Waals surface area contributed by atoms with Crippen LogP contribution < -0.4 is 0 Å². The Balaban J connectivity index is 2.69. The van der Waals surface area contributed by atoms with E-state index in [0.717, 1.165) is 10.9 Å². The molecule has 1 heterocycles. The molecular weight excluding hydrogens is 260 g/mol. The van der Waals surface area contributed by atoms with Crippen molar-refractivity contribution in [2.75, 3.05) is 13.1 Å². The summed E-state index contributed by atoms with van der Waals surface area (Å²) < 4.78 is 26.6. The Morgan fingerprint density at radius 3 is 2.53 bits per heavy atom. The number of aromatic nitrogens is 1. The first kappa shape index (κ1) is 14.0. The van der Waals surface area contributed by atoms with E-state index in [0.29, 0.717) is 18.6 Å². The fraction of sp³-hybridized carbons (Fsp3) is 0.357. The minimum atomic E-state index is -3.47. The monoisotopic (exact) mass is 278 g/mol. The van der Waals surface area contributed by atoms with E-state index in [9.17, 15) is 8.42 Å². The van der Waals surface area contributed by atoms with Gasteiger partial charge >= 0.3 is 0 Å². The summed E-state index contributed by atoms with van der Waals surface area (Å²) in [5, 5.41) is 0.855. The molecule has 0 saturated carbocycles. The number of nitrogens with zero attached hydrogens (tertiary/aromatic N) is 2. The van der Waals surface area contributed by atoms with Gasteiger partial charge in [-0.2, -0.15) is 4.31 Å². The van der Waals surface area contributed by atoms with Gasteiger partial charge in [-0.15, -0.1) is 0 Å². The molecule has 102 valence electrons. The van der Waals surface area contributed by atoms with Gasteiger partial charge in [0.05, 0.1) is 5.52 Å². The third-order valence-corrected chi connectivity index (χ3v) is 5.22. The standard InChI is InChI=1S/C14H18N2O2S/c1-4-16(5-2)19(17,18)13-8-6-7-12-9-11(3)10-15-14(12)13/h6-10H,4-5H2,1-3H3. The van der Waals surface area contributed by atoms with E-state index in [1.54, 1.807) is 18.3 Å². The molecule has 1 aromatic heterocycles. The Kier molecular flexibility index (Phi) is 3.87. The highest BCUT2D eigenvalue weighted by atomic mass is 32.2. The van der Waals surface area contributed by atoms with E-state index in [4.69, 9.17) is 0 Å². The van der Waals surface area contributed by atoms with Crippen LogP contribution in [0.25, 0.3) is 10.9 Å². The second-order valence-corrected chi connectivity index (χ2v) is 6.34. The summed E-state index contributed by atoms with van der Waals surface area (Å²) in [6, 6.07) is 7.22. The van der Waals surface area contributed by atoms with Crippen molar-refractivity contribution >= 4 is 20.9 Å². The summed E-state index contributed by atoms with van der Waals surface area (Å²) in [5.41, 5.74) is 1.56. The first-order valence-corrected chi connectivity index (χ1v) is 7.80. The average Bonchev–Trinajstić information content (AvgIpc) is 2.38. The van der Waals surface area contributed by atoms with Crippen LogP contribution in [0, 0.1) is 6.92 Å². The van der Waals surface area contributed by atoms with Crippen LogP contribution in [0.2, 0.25) is 0 Å². The summed E-state index contributed by atoms with van der Waals surface area (Å²) in [7, 11) is -3.47. The molecule has 0 N–H and O–H groups in total. The van der Waals surface area contributed by atoms with Crippen LogP contribution in [-0.4, -0.2) is 30.8 Å². The number of fused-ring (bicyclic) bond motifs is 1. The second-order valence-electron chi connectivity index (χ2n) is 4.43. The largest absolute Gasteiger partial charge is 0.255 e. The highest BCUT2D eigenvalue weighted by molar-refractivity contribution is 7.89. The maximum Gasteiger partial charge on any atom is 0.245 e. The van der Waals surface area contributed by atoms with Gasteiger partial charge in [0.25, 0.3) is 0 Å². The van der Waals surface area contributed by atoms with E-state index in [1.165, 1.54) is 4.31 Å². The lowest BCUT2D eigenvalue weighted by atomic mass is 10.2. The number of hydrogen-bond donors (Lipinski definition) is 0. The van der Waals surface area contributed by atoms with Crippen molar-refractivity contribution in [3.63, 3.8) is 0 Å². The number of pyridine rings is 1. The molecule has 1 aromatic carbocycles. The molecule has 0 fully saturated rings. The zero-order valence-corrected chi connectivity index (χ0v) is 12.2. The summed E-state index contributed by atoms with van der Waals surface area (Å²) in [6.07, 6.45) is 1.70. The van der Waals surface area contributed by atoms with Crippen LogP contribution in [0.5, 0.6) is 0 Å². The first-order valence-electron chi connectivity index (χ1n) is 6.36. The van der Waals surface area contributed by atoms with Gasteiger partial charge in [0.15, 0.2) is 0 Å². The number of hydrogen-bond acceptors (Lipinski definition) is 3. The van der Waals surface area contributed by atoms with Gasteiger partial charge in [-0.05, 0) is 24.6 Å². The molecule has 0 unspecified atom stereocenters. The van der Waals surface area contributed by atoms with Crippen molar-refractivity contribution in [3.05, 3.63) is 36.0 Å². The molecule has 2 aromatic rings. The fourth-order valence-electron chi connectivity index (χ4n) is 2.15. The summed E-state index contributed by atoms with van der Waals surface area (Å²) in [4.78, 5) is 4.58. The minimum Gasteiger partial charge on any atom is -0.255 e. The van der Waals surface area contributed by atoms with Gasteiger partial charge in [0.1, 0.15) is 4.90 Å². The van der Waals surface area contributed by atoms with Gasteiger partial charge in [0, 0.05) is 24.7 Å². The fourth-order valence-corrected chi connectivity index (χ4v) is 3.78. The molecule has 0 saturated heterocycles. The first-order chi connectivity index (χ1) is 9.00. The Bertz CT molecular complexity index is 692. The molecule has 0 amide bonds. The van der Waals surface area contributed by atoms with E-state index in [1.807, 2.05) is 32.9 Å². The molecule has 0 bridgehead atoms. The highest BCUT2D eigenvalue weighted by Crippen LogP contribution is 2.24. The predicted molar refractivity (Wildman–Crippen MR) is 76.6 cm³/mol. The van der Waals surface area contributed by atoms with Crippen LogP contribution in [-0.2, 0) is 10.0 Å². The van der Waals surface area contributed by atoms with Crippen molar-refractivity contribution in [1.29, 1.82) is 0 Å². The molecule has 0 radical (unpaired) electrons. The van der Waals surface area contributed by atoms with Crippen molar-refractivity contribution in [3.8, 4) is 0 Å². The van der Waals surface area contributed by atoms with Gasteiger partial charge in [-0.3, -0.25) is 4.98 Å². The zero-order valence-electron chi connectivity index (χ0n) is 11.4. The van der Waals surface area contributed by atoms with E-state index in [-0.39, 0.29) is 4.90 Å². The zero-order chi connectivity index (χ0) is 14.0. The lowest BCUT2D eigenvalue weighted by molar-refractivity contribution is 0.446. The van der Waals surface area contributed by atoms with Crippen LogP contribution in [0.3, 0.4) is 0 Å².